The molecule has 4 fully saturated rings. The third-order valence-electron chi connectivity index (χ3n) is 10.8. The normalized spacial score (nSPS) is 50.3. The number of rotatable bonds is 5. The Morgan fingerprint density at radius 3 is 2.45 bits per heavy atom. The van der Waals surface area contributed by atoms with Gasteiger partial charge in [-0.15, -0.1) is 0 Å². The molecule has 0 aromatic heterocycles. The molecule has 5 heteroatoms. The molecule has 3 N–H and O–H groups in total. The molecule has 0 spiro atoms. The van der Waals surface area contributed by atoms with Crippen molar-refractivity contribution in [2.75, 3.05) is 0 Å². The molecular weight excluding hydrogens is 392 g/mol. The zero-order chi connectivity index (χ0) is 22.7. The predicted molar refractivity (Wildman–Crippen MR) is 118 cm³/mol. The second kappa shape index (κ2) is 8.13. The van der Waals surface area contributed by atoms with E-state index in [1.807, 2.05) is 0 Å². The summed E-state index contributed by atoms with van der Waals surface area (Å²) in [6.07, 6.45) is 5.95. The fraction of sp³-hybridized carbons (Fsp3) is 0.923. The first-order valence-corrected chi connectivity index (χ1v) is 12.7. The average Bonchev–Trinajstić information content (AvgIpc) is 3.07. The zero-order valence-corrected chi connectivity index (χ0v) is 19.7. The molecule has 0 aromatic carbocycles. The molecule has 0 heterocycles. The van der Waals surface area contributed by atoms with Crippen LogP contribution in [0.3, 0.4) is 0 Å². The Hall–Kier alpha value is -0.940. The molecule has 0 bridgehead atoms. The van der Waals surface area contributed by atoms with Crippen LogP contribution >= 0.6 is 0 Å². The van der Waals surface area contributed by atoms with Gasteiger partial charge in [0.2, 0.25) is 0 Å². The van der Waals surface area contributed by atoms with Crippen molar-refractivity contribution in [1.82, 2.24) is 0 Å². The number of ketones is 1. The number of carbonyl (C=O) groups excluding carboxylic acids is 1. The van der Waals surface area contributed by atoms with Gasteiger partial charge in [0.15, 0.2) is 0 Å². The monoisotopic (exact) mass is 434 g/mol. The largest absolute Gasteiger partial charge is 0.481 e. The highest BCUT2D eigenvalue weighted by atomic mass is 16.4. The summed E-state index contributed by atoms with van der Waals surface area (Å²) in [7, 11) is 0. The Kier molecular flexibility index (Phi) is 6.09. The van der Waals surface area contributed by atoms with Crippen LogP contribution in [-0.4, -0.2) is 39.3 Å². The topological polar surface area (TPSA) is 94.8 Å². The average molecular weight is 435 g/mol. The molecule has 4 aliphatic carbocycles. The van der Waals surface area contributed by atoms with E-state index in [1.54, 1.807) is 0 Å². The van der Waals surface area contributed by atoms with E-state index in [-0.39, 0.29) is 64.8 Å². The van der Waals surface area contributed by atoms with Gasteiger partial charge in [-0.25, -0.2) is 0 Å². The SMILES string of the molecule is CC[C@H]1C(=O)[C@@H]2[C@H](C[C@H](O)[C@]3(C)[C@@H]([C@H](C)CCC(=O)O)CC[C@@H]23)[C@@]2(C)CC[C@@H](O)C[C@@H]12. The predicted octanol–water partition coefficient (Wildman–Crippen LogP) is 4.29. The number of aliphatic carboxylic acids is 1. The molecule has 0 unspecified atom stereocenters. The molecule has 4 aliphatic rings. The summed E-state index contributed by atoms with van der Waals surface area (Å²) >= 11 is 0. The zero-order valence-electron chi connectivity index (χ0n) is 19.7. The summed E-state index contributed by atoms with van der Waals surface area (Å²) in [5.41, 5.74) is -0.307. The van der Waals surface area contributed by atoms with Crippen LogP contribution in [0.5, 0.6) is 0 Å². The minimum absolute atomic E-state index is 0.00603. The number of carboxylic acids is 1. The fourth-order valence-corrected chi connectivity index (χ4v) is 9.12. The van der Waals surface area contributed by atoms with Crippen LogP contribution in [0.4, 0.5) is 0 Å². The van der Waals surface area contributed by atoms with Crippen molar-refractivity contribution in [2.24, 2.45) is 52.3 Å². The minimum Gasteiger partial charge on any atom is -0.481 e. The quantitative estimate of drug-likeness (QED) is 0.600. The number of fused-ring (bicyclic) bond motifs is 5. The molecule has 31 heavy (non-hydrogen) atoms. The van der Waals surface area contributed by atoms with Gasteiger partial charge in [-0.2, -0.15) is 0 Å². The van der Waals surface area contributed by atoms with Crippen molar-refractivity contribution in [3.63, 3.8) is 0 Å². The van der Waals surface area contributed by atoms with Gasteiger partial charge in [-0.1, -0.05) is 27.7 Å². The molecule has 0 radical (unpaired) electrons. The van der Waals surface area contributed by atoms with Gasteiger partial charge in [0.25, 0.3) is 0 Å². The maximum atomic E-state index is 13.9. The fourth-order valence-electron chi connectivity index (χ4n) is 9.12. The van der Waals surface area contributed by atoms with Crippen molar-refractivity contribution in [2.45, 2.75) is 97.7 Å². The molecular formula is C26H42O5. The van der Waals surface area contributed by atoms with Crippen LogP contribution in [0.25, 0.3) is 0 Å². The molecule has 0 amide bonds. The summed E-state index contributed by atoms with van der Waals surface area (Å²) in [5, 5.41) is 31.1. The summed E-state index contributed by atoms with van der Waals surface area (Å²) in [5.74, 6) is 0.749. The van der Waals surface area contributed by atoms with E-state index < -0.39 is 12.1 Å². The van der Waals surface area contributed by atoms with E-state index in [4.69, 9.17) is 5.11 Å². The number of carbonyl (C=O) groups is 2. The van der Waals surface area contributed by atoms with Crippen molar-refractivity contribution < 1.29 is 24.9 Å². The molecule has 4 rings (SSSR count). The highest BCUT2D eigenvalue weighted by Gasteiger charge is 2.67. The molecule has 0 aromatic rings. The first-order valence-electron chi connectivity index (χ1n) is 12.7. The summed E-state index contributed by atoms with van der Waals surface area (Å²) in [4.78, 5) is 25.1. The second-order valence-corrected chi connectivity index (χ2v) is 11.9. The van der Waals surface area contributed by atoms with Crippen molar-refractivity contribution in [3.05, 3.63) is 0 Å². The van der Waals surface area contributed by atoms with Crippen molar-refractivity contribution in [3.8, 4) is 0 Å². The maximum absolute atomic E-state index is 13.9. The van der Waals surface area contributed by atoms with Crippen molar-refractivity contribution in [1.29, 1.82) is 0 Å². The van der Waals surface area contributed by atoms with Gasteiger partial charge in [-0.05, 0) is 86.4 Å². The Morgan fingerprint density at radius 1 is 1.10 bits per heavy atom. The van der Waals surface area contributed by atoms with Crippen LogP contribution in [-0.2, 0) is 9.59 Å². The summed E-state index contributed by atoms with van der Waals surface area (Å²) in [6, 6.07) is 0. The lowest BCUT2D eigenvalue weighted by atomic mass is 9.41. The number of hydrogen-bond acceptors (Lipinski definition) is 4. The van der Waals surface area contributed by atoms with Gasteiger partial charge < -0.3 is 15.3 Å². The van der Waals surface area contributed by atoms with E-state index >= 15 is 0 Å². The lowest BCUT2D eigenvalue weighted by molar-refractivity contribution is -0.192. The first-order chi connectivity index (χ1) is 14.6. The van der Waals surface area contributed by atoms with Gasteiger partial charge >= 0.3 is 5.97 Å². The standard InChI is InChI=1S/C26H42O5/c1-5-16-19-12-15(27)10-11-25(19,3)20-13-21(28)26(4)17(14(2)6-9-22(29)30)7-8-18(26)23(20)24(16)31/h14-21,23,27-28H,5-13H2,1-4H3,(H,29,30)/t14-,15-,16-,17-,18+,19+,20+,21+,23+,25+,26-/m1/s1. The molecule has 5 nitrogen and oxygen atoms in total. The van der Waals surface area contributed by atoms with E-state index in [2.05, 4.69) is 27.7 Å². The lowest BCUT2D eigenvalue weighted by Gasteiger charge is -2.63. The Balaban J connectivity index is 1.67. The highest BCUT2D eigenvalue weighted by Crippen LogP contribution is 2.68. The first kappa shape index (κ1) is 23.2. The Bertz CT molecular complexity index is 721. The van der Waals surface area contributed by atoms with Gasteiger partial charge in [-0.3, -0.25) is 9.59 Å². The Labute approximate surface area is 187 Å². The van der Waals surface area contributed by atoms with Gasteiger partial charge in [0, 0.05) is 23.7 Å². The van der Waals surface area contributed by atoms with Crippen LogP contribution in [0.2, 0.25) is 0 Å². The van der Waals surface area contributed by atoms with Crippen LogP contribution in [0.1, 0.15) is 85.5 Å². The Morgan fingerprint density at radius 2 is 1.81 bits per heavy atom. The molecule has 176 valence electrons. The highest BCUT2D eigenvalue weighted by molar-refractivity contribution is 5.86. The van der Waals surface area contributed by atoms with E-state index in [1.165, 1.54) is 0 Å². The maximum Gasteiger partial charge on any atom is 0.303 e. The molecule has 11 atom stereocenters. The number of Topliss-reactive ketones (excluding diaryl/α,β-unsaturated/α-hetero) is 1. The minimum atomic E-state index is -0.762. The number of carboxylic acid groups (broad SMARTS) is 1. The molecule has 0 aliphatic heterocycles. The summed E-state index contributed by atoms with van der Waals surface area (Å²) in [6.45, 7) is 8.79. The number of aliphatic hydroxyl groups excluding tert-OH is 2. The van der Waals surface area contributed by atoms with Crippen LogP contribution in [0.15, 0.2) is 0 Å². The number of hydrogen-bond donors (Lipinski definition) is 3. The third kappa shape index (κ3) is 3.40. The van der Waals surface area contributed by atoms with Gasteiger partial charge in [0.1, 0.15) is 5.78 Å². The second-order valence-electron chi connectivity index (χ2n) is 11.9. The molecule has 0 saturated heterocycles. The van der Waals surface area contributed by atoms with E-state index in [9.17, 15) is 19.8 Å². The smallest absolute Gasteiger partial charge is 0.303 e. The van der Waals surface area contributed by atoms with Gasteiger partial charge in [0.05, 0.1) is 12.2 Å². The molecule has 4 saturated carbocycles. The van der Waals surface area contributed by atoms with Crippen LogP contribution in [0, 0.1) is 52.3 Å². The van der Waals surface area contributed by atoms with Crippen molar-refractivity contribution >= 4 is 11.8 Å². The van der Waals surface area contributed by atoms with E-state index in [0.29, 0.717) is 18.6 Å². The third-order valence-corrected chi connectivity index (χ3v) is 10.8. The van der Waals surface area contributed by atoms with Crippen LogP contribution < -0.4 is 0 Å². The summed E-state index contributed by atoms with van der Waals surface area (Å²) < 4.78 is 0. The lowest BCUT2D eigenvalue weighted by Crippen LogP contribution is -2.63. The number of aliphatic hydroxyl groups is 2. The van der Waals surface area contributed by atoms with E-state index in [0.717, 1.165) is 38.5 Å².